The number of carbonyl (C=O) groups is 1. The Balaban J connectivity index is 4.01. The summed E-state index contributed by atoms with van der Waals surface area (Å²) in [6.07, 6.45) is 97.4. The molecule has 3 unspecified atom stereocenters. The molecule has 0 rings (SSSR count). The standard InChI is InChI=1S/C80H155N2O6P/c1-6-8-10-12-14-16-18-20-22-24-26-28-30-32-34-36-38-40-41-42-44-46-48-50-52-54-56-58-60-62-64-66-68-70-72-74-80(84)81-78(77-88-89(85,86)87-76-75-82(3,4)5)79(83)73-71-69-67-65-63-61-59-57-55-53-51-49-47-45-43-39-37-35-33-31-29-27-25-23-21-19-17-15-13-11-9-7-2/h24,26,55,57,63,65,71,73,78-79,83H,6-23,25,27-54,56,58-62,64,66-70,72,74-77H2,1-5H3,(H-,81,84,85,86)/p+1/b26-24-,57-55+,65-63+,73-71+. The fraction of sp³-hybridized carbons (Fsp3) is 0.887. The molecule has 0 aliphatic carbocycles. The van der Waals surface area contributed by atoms with Gasteiger partial charge < -0.3 is 19.8 Å². The predicted molar refractivity (Wildman–Crippen MR) is 392 cm³/mol. The number of allylic oxidation sites excluding steroid dienone is 7. The summed E-state index contributed by atoms with van der Waals surface area (Å²) in [7, 11) is 1.56. The molecule has 0 aromatic carbocycles. The molecule has 9 heteroatoms. The number of likely N-dealkylation sites (N-methyl/N-ethyl adjacent to an activating group) is 1. The highest BCUT2D eigenvalue weighted by Gasteiger charge is 2.28. The molecule has 0 spiro atoms. The SMILES string of the molecule is CCCCCCCCCC/C=C\CCCCCCCCCCCCCCCCCCCCCCCCCC(=O)NC(COP(=O)(O)OCC[N+](C)(C)C)C(O)/C=C/CC/C=C/CC/C=C/CCCCCCCCCCCCCCCCCCCCCCCC. The first-order valence-electron chi connectivity index (χ1n) is 39.5. The second-order valence-electron chi connectivity index (χ2n) is 28.4. The fourth-order valence-electron chi connectivity index (χ4n) is 12.1. The van der Waals surface area contributed by atoms with Crippen LogP contribution in [0.2, 0.25) is 0 Å². The first-order chi connectivity index (χ1) is 43.5. The van der Waals surface area contributed by atoms with Crippen molar-refractivity contribution >= 4 is 13.7 Å². The third-order valence-corrected chi connectivity index (χ3v) is 19.2. The van der Waals surface area contributed by atoms with Crippen LogP contribution in [0.15, 0.2) is 48.6 Å². The number of aliphatic hydroxyl groups excluding tert-OH is 1. The van der Waals surface area contributed by atoms with Crippen LogP contribution in [0.3, 0.4) is 0 Å². The summed E-state index contributed by atoms with van der Waals surface area (Å²) < 4.78 is 23.8. The van der Waals surface area contributed by atoms with Gasteiger partial charge in [0, 0.05) is 6.42 Å². The average Bonchev–Trinajstić information content (AvgIpc) is 3.64. The van der Waals surface area contributed by atoms with Gasteiger partial charge in [0.2, 0.25) is 5.91 Å². The summed E-state index contributed by atoms with van der Waals surface area (Å²) in [6.45, 7) is 4.85. The van der Waals surface area contributed by atoms with Gasteiger partial charge in [0.1, 0.15) is 13.2 Å². The highest BCUT2D eigenvalue weighted by atomic mass is 31.2. The molecule has 8 nitrogen and oxygen atoms in total. The first kappa shape index (κ1) is 87.5. The summed E-state index contributed by atoms with van der Waals surface area (Å²) in [4.78, 5) is 23.5. The van der Waals surface area contributed by atoms with Crippen LogP contribution in [0, 0.1) is 0 Å². The van der Waals surface area contributed by atoms with Crippen molar-refractivity contribution in [3.63, 3.8) is 0 Å². The molecule has 0 radical (unpaired) electrons. The molecule has 89 heavy (non-hydrogen) atoms. The Kier molecular flexibility index (Phi) is 69.5. The number of unbranched alkanes of at least 4 members (excludes halogenated alkanes) is 55. The fourth-order valence-corrected chi connectivity index (χ4v) is 12.9. The van der Waals surface area contributed by atoms with Crippen LogP contribution in [0.25, 0.3) is 0 Å². The Labute approximate surface area is 556 Å². The van der Waals surface area contributed by atoms with Gasteiger partial charge in [-0.2, -0.15) is 0 Å². The molecule has 1 amide bonds. The molecule has 0 saturated carbocycles. The molecule has 3 N–H and O–H groups in total. The van der Waals surface area contributed by atoms with Gasteiger partial charge in [-0.1, -0.05) is 377 Å². The van der Waals surface area contributed by atoms with Gasteiger partial charge in [-0.15, -0.1) is 0 Å². The number of carbonyl (C=O) groups excluding carboxylic acids is 1. The zero-order chi connectivity index (χ0) is 64.8. The van der Waals surface area contributed by atoms with Crippen LogP contribution in [0.4, 0.5) is 0 Å². The summed E-state index contributed by atoms with van der Waals surface area (Å²) >= 11 is 0. The largest absolute Gasteiger partial charge is 0.472 e. The number of amides is 1. The van der Waals surface area contributed by atoms with Crippen molar-refractivity contribution < 1.29 is 32.9 Å². The van der Waals surface area contributed by atoms with Crippen LogP contribution >= 0.6 is 7.82 Å². The second kappa shape index (κ2) is 70.8. The van der Waals surface area contributed by atoms with Crippen molar-refractivity contribution in [2.75, 3.05) is 40.9 Å². The van der Waals surface area contributed by atoms with Crippen molar-refractivity contribution in [3.05, 3.63) is 48.6 Å². The molecule has 0 bridgehead atoms. The Bertz CT molecular complexity index is 1590. The van der Waals surface area contributed by atoms with Gasteiger partial charge in [0.05, 0.1) is 39.9 Å². The summed E-state index contributed by atoms with van der Waals surface area (Å²) in [5, 5.41) is 14.0. The van der Waals surface area contributed by atoms with Gasteiger partial charge >= 0.3 is 7.82 Å². The van der Waals surface area contributed by atoms with E-state index in [1.54, 1.807) is 6.08 Å². The third-order valence-electron chi connectivity index (χ3n) is 18.2. The van der Waals surface area contributed by atoms with E-state index in [1.165, 1.54) is 340 Å². The van der Waals surface area contributed by atoms with Crippen molar-refractivity contribution in [1.29, 1.82) is 0 Å². The molecule has 0 fully saturated rings. The first-order valence-corrected chi connectivity index (χ1v) is 41.0. The van der Waals surface area contributed by atoms with Crippen LogP contribution in [0.1, 0.15) is 406 Å². The lowest BCUT2D eigenvalue weighted by atomic mass is 10.0. The van der Waals surface area contributed by atoms with Crippen LogP contribution in [-0.2, 0) is 18.4 Å². The maximum absolute atomic E-state index is 13.1. The predicted octanol–water partition coefficient (Wildman–Crippen LogP) is 25.7. The van der Waals surface area contributed by atoms with Crippen molar-refractivity contribution in [2.45, 2.75) is 418 Å². The highest BCUT2D eigenvalue weighted by Crippen LogP contribution is 2.43. The van der Waals surface area contributed by atoms with E-state index in [4.69, 9.17) is 9.05 Å². The van der Waals surface area contributed by atoms with Gasteiger partial charge in [-0.3, -0.25) is 13.8 Å². The molecule has 0 aromatic heterocycles. The monoisotopic (exact) mass is 1270 g/mol. The number of rotatable bonds is 74. The number of nitrogens with zero attached hydrogens (tertiary/aromatic N) is 1. The molecule has 0 aliphatic rings. The van der Waals surface area contributed by atoms with E-state index in [9.17, 15) is 19.4 Å². The number of hydrogen-bond acceptors (Lipinski definition) is 5. The topological polar surface area (TPSA) is 105 Å². The van der Waals surface area contributed by atoms with E-state index in [2.05, 4.69) is 55.6 Å². The molecule has 0 aromatic rings. The second-order valence-corrected chi connectivity index (χ2v) is 29.9. The summed E-state index contributed by atoms with van der Waals surface area (Å²) in [5.74, 6) is -0.183. The molecule has 0 saturated heterocycles. The van der Waals surface area contributed by atoms with Crippen LogP contribution in [0.5, 0.6) is 0 Å². The van der Waals surface area contributed by atoms with E-state index in [1.807, 2.05) is 27.2 Å². The minimum Gasteiger partial charge on any atom is -0.387 e. The lowest BCUT2D eigenvalue weighted by molar-refractivity contribution is -0.870. The van der Waals surface area contributed by atoms with Crippen LogP contribution in [-0.4, -0.2) is 73.4 Å². The maximum atomic E-state index is 13.1. The normalized spacial score (nSPS) is 13.7. The Hall–Kier alpha value is -1.54. The highest BCUT2D eigenvalue weighted by molar-refractivity contribution is 7.47. The zero-order valence-corrected chi connectivity index (χ0v) is 61.3. The molecular weight excluding hydrogens is 1120 g/mol. The lowest BCUT2D eigenvalue weighted by Crippen LogP contribution is -2.45. The lowest BCUT2D eigenvalue weighted by Gasteiger charge is -2.25. The van der Waals surface area contributed by atoms with E-state index in [0.717, 1.165) is 44.9 Å². The number of aliphatic hydroxyl groups is 1. The van der Waals surface area contributed by atoms with Gasteiger partial charge in [-0.05, 0) is 70.6 Å². The molecular formula is C80H156N2O6P+. The van der Waals surface area contributed by atoms with Crippen molar-refractivity contribution in [1.82, 2.24) is 5.32 Å². The number of phosphoric ester groups is 1. The number of nitrogens with one attached hydrogen (secondary N) is 1. The Morgan fingerprint density at radius 2 is 0.618 bits per heavy atom. The van der Waals surface area contributed by atoms with Gasteiger partial charge in [-0.25, -0.2) is 4.57 Å². The smallest absolute Gasteiger partial charge is 0.387 e. The molecule has 3 atom stereocenters. The third kappa shape index (κ3) is 73.7. The van der Waals surface area contributed by atoms with E-state index >= 15 is 0 Å². The van der Waals surface area contributed by atoms with Gasteiger partial charge in [0.15, 0.2) is 0 Å². The number of phosphoric acid groups is 1. The van der Waals surface area contributed by atoms with Crippen LogP contribution < -0.4 is 5.32 Å². The Morgan fingerprint density at radius 3 is 0.899 bits per heavy atom. The minimum absolute atomic E-state index is 0.0547. The minimum atomic E-state index is -4.37. The van der Waals surface area contributed by atoms with Crippen molar-refractivity contribution in [2.24, 2.45) is 0 Å². The number of quaternary nitrogens is 1. The zero-order valence-electron chi connectivity index (χ0n) is 60.5. The molecule has 0 heterocycles. The number of hydrogen-bond donors (Lipinski definition) is 3. The van der Waals surface area contributed by atoms with E-state index in [0.29, 0.717) is 17.4 Å². The average molecular weight is 1270 g/mol. The summed E-state index contributed by atoms with van der Waals surface area (Å²) in [6, 6.07) is -0.872. The molecule has 0 aliphatic heterocycles. The van der Waals surface area contributed by atoms with Crippen molar-refractivity contribution in [3.8, 4) is 0 Å². The molecule has 526 valence electrons. The van der Waals surface area contributed by atoms with E-state index in [-0.39, 0.29) is 19.1 Å². The summed E-state index contributed by atoms with van der Waals surface area (Å²) in [5.41, 5.74) is 0. The quantitative estimate of drug-likeness (QED) is 0.0243. The maximum Gasteiger partial charge on any atom is 0.472 e. The van der Waals surface area contributed by atoms with Gasteiger partial charge in [0.25, 0.3) is 0 Å². The Morgan fingerprint density at radius 1 is 0.371 bits per heavy atom. The van der Waals surface area contributed by atoms with E-state index < -0.39 is 20.0 Å².